The third-order valence-corrected chi connectivity index (χ3v) is 4.88. The molecule has 0 saturated heterocycles. The molecule has 0 fully saturated rings. The molecule has 0 amide bonds. The Bertz CT molecular complexity index is 1080. The van der Waals surface area contributed by atoms with E-state index >= 15 is 0 Å². The van der Waals surface area contributed by atoms with Gasteiger partial charge in [-0.15, -0.1) is 10.2 Å². The molecule has 4 rings (SSSR count). The summed E-state index contributed by atoms with van der Waals surface area (Å²) in [5, 5.41) is 34.3. The van der Waals surface area contributed by atoms with Crippen LogP contribution in [0.3, 0.4) is 0 Å². The number of aryl methyl sites for hydroxylation is 3. The SMILES string of the molecule is CCn1nnc2cc(C)ccc21.Cc1cccc2c1nnn2CN(CCO)CCO. The molecule has 9 heteroatoms. The molecule has 0 saturated carbocycles. The first-order valence-corrected chi connectivity index (χ1v) is 10.1. The van der Waals surface area contributed by atoms with Gasteiger partial charge in [-0.25, -0.2) is 9.36 Å². The van der Waals surface area contributed by atoms with Gasteiger partial charge in [-0.05, 0) is 50.1 Å². The van der Waals surface area contributed by atoms with Gasteiger partial charge in [-0.3, -0.25) is 4.90 Å². The Morgan fingerprint density at radius 3 is 2.33 bits per heavy atom. The normalized spacial score (nSPS) is 11.3. The number of nitrogens with zero attached hydrogens (tertiary/aromatic N) is 7. The highest BCUT2D eigenvalue weighted by atomic mass is 16.3. The zero-order chi connectivity index (χ0) is 21.5. The van der Waals surface area contributed by atoms with E-state index in [0.717, 1.165) is 34.2 Å². The summed E-state index contributed by atoms with van der Waals surface area (Å²) < 4.78 is 3.68. The summed E-state index contributed by atoms with van der Waals surface area (Å²) in [6, 6.07) is 12.1. The lowest BCUT2D eigenvalue weighted by molar-refractivity contribution is 0.130. The van der Waals surface area contributed by atoms with E-state index < -0.39 is 0 Å². The minimum absolute atomic E-state index is 0.0612. The van der Waals surface area contributed by atoms with Gasteiger partial charge in [0.1, 0.15) is 11.0 Å². The maximum absolute atomic E-state index is 8.98. The van der Waals surface area contributed by atoms with Crippen LogP contribution in [0.1, 0.15) is 18.1 Å². The molecule has 0 atom stereocenters. The standard InChI is InChI=1S/C12H18N4O2.C9H11N3/c1-10-3-2-4-11-12(10)13-14-16(11)9-15(5-7-17)6-8-18;1-3-12-9-5-4-7(2)6-8(9)10-11-12/h2-4,17-18H,5-9H2,1H3;4-6H,3H2,1-2H3. The molecule has 9 nitrogen and oxygen atoms in total. The van der Waals surface area contributed by atoms with Crippen LogP contribution in [0, 0.1) is 13.8 Å². The van der Waals surface area contributed by atoms with Crippen molar-refractivity contribution in [3.8, 4) is 0 Å². The molecule has 0 aliphatic rings. The summed E-state index contributed by atoms with van der Waals surface area (Å²) in [4.78, 5) is 1.93. The predicted molar refractivity (Wildman–Crippen MR) is 116 cm³/mol. The maximum Gasteiger partial charge on any atom is 0.116 e. The van der Waals surface area contributed by atoms with Crippen molar-refractivity contribution in [2.75, 3.05) is 26.3 Å². The van der Waals surface area contributed by atoms with Gasteiger partial charge in [0.15, 0.2) is 0 Å². The molecule has 2 N–H and O–H groups in total. The minimum Gasteiger partial charge on any atom is -0.395 e. The second-order valence-electron chi connectivity index (χ2n) is 7.14. The Balaban J connectivity index is 0.000000184. The Hall–Kier alpha value is -2.88. The second-order valence-corrected chi connectivity index (χ2v) is 7.14. The summed E-state index contributed by atoms with van der Waals surface area (Å²) in [5.74, 6) is 0. The summed E-state index contributed by atoms with van der Waals surface area (Å²) >= 11 is 0. The van der Waals surface area contributed by atoms with Crippen molar-refractivity contribution in [1.29, 1.82) is 0 Å². The van der Waals surface area contributed by atoms with Crippen LogP contribution < -0.4 is 0 Å². The van der Waals surface area contributed by atoms with Crippen molar-refractivity contribution in [3.63, 3.8) is 0 Å². The first-order valence-electron chi connectivity index (χ1n) is 10.1. The van der Waals surface area contributed by atoms with Crippen LogP contribution in [0.25, 0.3) is 22.1 Å². The zero-order valence-electron chi connectivity index (χ0n) is 17.7. The lowest BCUT2D eigenvalue weighted by Crippen LogP contribution is -2.32. The van der Waals surface area contributed by atoms with E-state index in [2.05, 4.69) is 52.7 Å². The van der Waals surface area contributed by atoms with E-state index in [0.29, 0.717) is 19.8 Å². The van der Waals surface area contributed by atoms with Gasteiger partial charge in [-0.1, -0.05) is 28.6 Å². The molecule has 2 aromatic carbocycles. The van der Waals surface area contributed by atoms with Gasteiger partial charge >= 0.3 is 0 Å². The van der Waals surface area contributed by atoms with E-state index in [1.54, 1.807) is 4.68 Å². The fraction of sp³-hybridized carbons (Fsp3) is 0.429. The monoisotopic (exact) mass is 411 g/mol. The highest BCUT2D eigenvalue weighted by Gasteiger charge is 2.10. The molecule has 0 spiro atoms. The largest absolute Gasteiger partial charge is 0.395 e. The molecule has 0 unspecified atom stereocenters. The highest BCUT2D eigenvalue weighted by Crippen LogP contribution is 2.15. The highest BCUT2D eigenvalue weighted by molar-refractivity contribution is 5.77. The molecular formula is C21H29N7O2. The smallest absolute Gasteiger partial charge is 0.116 e. The quantitative estimate of drug-likeness (QED) is 0.477. The van der Waals surface area contributed by atoms with Crippen molar-refractivity contribution in [3.05, 3.63) is 47.5 Å². The average Bonchev–Trinajstić information content (AvgIpc) is 3.33. The molecule has 160 valence electrons. The number of hydrogen-bond donors (Lipinski definition) is 2. The fourth-order valence-corrected chi connectivity index (χ4v) is 3.27. The molecule has 30 heavy (non-hydrogen) atoms. The summed E-state index contributed by atoms with van der Waals surface area (Å²) in [7, 11) is 0. The van der Waals surface area contributed by atoms with E-state index in [4.69, 9.17) is 10.2 Å². The average molecular weight is 412 g/mol. The van der Waals surface area contributed by atoms with Crippen LogP contribution in [-0.4, -0.2) is 71.4 Å². The fourth-order valence-electron chi connectivity index (χ4n) is 3.27. The van der Waals surface area contributed by atoms with Crippen LogP contribution in [0.2, 0.25) is 0 Å². The molecule has 2 aromatic heterocycles. The maximum atomic E-state index is 8.98. The molecule has 0 bridgehead atoms. The van der Waals surface area contributed by atoms with Crippen molar-refractivity contribution >= 4 is 22.1 Å². The van der Waals surface area contributed by atoms with Gasteiger partial charge < -0.3 is 10.2 Å². The molecule has 4 aromatic rings. The third kappa shape index (κ3) is 4.99. The van der Waals surface area contributed by atoms with E-state index in [1.807, 2.05) is 34.7 Å². The van der Waals surface area contributed by atoms with Crippen LogP contribution >= 0.6 is 0 Å². The van der Waals surface area contributed by atoms with Crippen LogP contribution in [0.15, 0.2) is 36.4 Å². The zero-order valence-corrected chi connectivity index (χ0v) is 17.7. The lowest BCUT2D eigenvalue weighted by Gasteiger charge is -2.19. The Kier molecular flexibility index (Phi) is 7.45. The number of aromatic nitrogens is 6. The van der Waals surface area contributed by atoms with Crippen molar-refractivity contribution in [2.24, 2.45) is 0 Å². The Labute approximate surface area is 175 Å². The van der Waals surface area contributed by atoms with Crippen LogP contribution in [-0.2, 0) is 13.2 Å². The molecule has 0 radical (unpaired) electrons. The first kappa shape index (κ1) is 21.8. The predicted octanol–water partition coefficient (Wildman–Crippen LogP) is 1.74. The van der Waals surface area contributed by atoms with Crippen molar-refractivity contribution in [2.45, 2.75) is 34.0 Å². The number of benzene rings is 2. The number of rotatable bonds is 7. The van der Waals surface area contributed by atoms with E-state index in [1.165, 1.54) is 5.56 Å². The summed E-state index contributed by atoms with van der Waals surface area (Å²) in [6.45, 7) is 8.65. The van der Waals surface area contributed by atoms with Crippen LogP contribution in [0.5, 0.6) is 0 Å². The summed E-state index contributed by atoms with van der Waals surface area (Å²) in [6.07, 6.45) is 0. The van der Waals surface area contributed by atoms with Crippen LogP contribution in [0.4, 0.5) is 0 Å². The first-order chi connectivity index (χ1) is 14.6. The number of fused-ring (bicyclic) bond motifs is 2. The minimum atomic E-state index is 0.0612. The lowest BCUT2D eigenvalue weighted by atomic mass is 10.2. The van der Waals surface area contributed by atoms with Gasteiger partial charge in [0.05, 0.1) is 30.9 Å². The van der Waals surface area contributed by atoms with E-state index in [9.17, 15) is 0 Å². The molecule has 2 heterocycles. The Morgan fingerprint density at radius 1 is 0.900 bits per heavy atom. The number of aliphatic hydroxyl groups excluding tert-OH is 2. The van der Waals surface area contributed by atoms with E-state index in [-0.39, 0.29) is 13.2 Å². The van der Waals surface area contributed by atoms with Gasteiger partial charge in [0.2, 0.25) is 0 Å². The summed E-state index contributed by atoms with van der Waals surface area (Å²) in [5.41, 5.74) is 6.28. The van der Waals surface area contributed by atoms with Gasteiger partial charge in [0.25, 0.3) is 0 Å². The van der Waals surface area contributed by atoms with Gasteiger partial charge in [0, 0.05) is 19.6 Å². The number of hydrogen-bond acceptors (Lipinski definition) is 7. The number of aliphatic hydroxyl groups is 2. The van der Waals surface area contributed by atoms with Gasteiger partial charge in [-0.2, -0.15) is 0 Å². The third-order valence-electron chi connectivity index (χ3n) is 4.88. The topological polar surface area (TPSA) is 105 Å². The molecule has 0 aliphatic carbocycles. The molecular weight excluding hydrogens is 382 g/mol. The van der Waals surface area contributed by atoms with Crippen molar-refractivity contribution < 1.29 is 10.2 Å². The molecule has 0 aliphatic heterocycles. The van der Waals surface area contributed by atoms with Crippen molar-refractivity contribution in [1.82, 2.24) is 34.9 Å². The second kappa shape index (κ2) is 10.2. The Morgan fingerprint density at radius 2 is 1.63 bits per heavy atom.